The first kappa shape index (κ1) is 22.5. The Labute approximate surface area is 191 Å². The van der Waals surface area contributed by atoms with Crippen molar-refractivity contribution < 1.29 is 40.1 Å². The van der Waals surface area contributed by atoms with Crippen LogP contribution in [0, 0.1) is 35.1 Å². The highest BCUT2D eigenvalue weighted by Crippen LogP contribution is 2.58. The molecule has 0 fully saturated rings. The zero-order valence-corrected chi connectivity index (χ0v) is 18.2. The average molecular weight is 491 g/mol. The normalized spacial score (nSPS) is 22.8. The van der Waals surface area contributed by atoms with Crippen molar-refractivity contribution in [3.8, 4) is 5.75 Å². The first-order valence-electron chi connectivity index (χ1n) is 10.2. The third kappa shape index (κ3) is 3.08. The summed E-state index contributed by atoms with van der Waals surface area (Å²) < 4.78 is 95.2. The number of rotatable bonds is 3. The van der Waals surface area contributed by atoms with Gasteiger partial charge in [0, 0.05) is 11.8 Å². The van der Waals surface area contributed by atoms with Crippen LogP contribution in [0.5, 0.6) is 5.75 Å². The number of hydrogen-bond acceptors (Lipinski definition) is 5. The Morgan fingerprint density at radius 1 is 0.794 bits per heavy atom. The van der Waals surface area contributed by atoms with E-state index in [9.17, 15) is 35.3 Å². The molecule has 0 heterocycles. The molecule has 3 aliphatic carbocycles. The highest BCUT2D eigenvalue weighted by atomic mass is 32.2. The van der Waals surface area contributed by atoms with Gasteiger partial charge in [0.05, 0.1) is 5.92 Å². The van der Waals surface area contributed by atoms with E-state index in [1.54, 1.807) is 19.1 Å². The van der Waals surface area contributed by atoms with Crippen LogP contribution < -0.4 is 4.74 Å². The number of halogens is 4. The summed E-state index contributed by atoms with van der Waals surface area (Å²) in [6, 6.07) is 14.9. The van der Waals surface area contributed by atoms with Crippen molar-refractivity contribution in [1.29, 1.82) is 0 Å². The molecule has 0 aromatic heterocycles. The molecular formula is C24H15F4O5S-. The molecule has 0 aliphatic heterocycles. The van der Waals surface area contributed by atoms with Crippen molar-refractivity contribution in [2.45, 2.75) is 23.7 Å². The molecule has 2 bridgehead atoms. The summed E-state index contributed by atoms with van der Waals surface area (Å²) in [5.41, 5.74) is 3.67. The zero-order chi connectivity index (χ0) is 24.5. The Bertz CT molecular complexity index is 1390. The highest BCUT2D eigenvalue weighted by molar-refractivity contribution is 7.85. The van der Waals surface area contributed by atoms with E-state index in [1.807, 2.05) is 36.4 Å². The largest absolute Gasteiger partial charge is 0.744 e. The Morgan fingerprint density at radius 2 is 1.21 bits per heavy atom. The fourth-order valence-corrected chi connectivity index (χ4v) is 5.99. The lowest BCUT2D eigenvalue weighted by atomic mass is 9.54. The molecule has 3 aromatic carbocycles. The first-order chi connectivity index (χ1) is 16.0. The Kier molecular flexibility index (Phi) is 5.07. The monoisotopic (exact) mass is 491 g/mol. The van der Waals surface area contributed by atoms with Crippen LogP contribution >= 0.6 is 0 Å². The molecule has 2 unspecified atom stereocenters. The molecule has 0 saturated carbocycles. The van der Waals surface area contributed by atoms with Gasteiger partial charge in [-0.15, -0.1) is 0 Å². The van der Waals surface area contributed by atoms with E-state index < -0.39 is 67.8 Å². The van der Waals surface area contributed by atoms with Gasteiger partial charge >= 0.3 is 5.97 Å². The Balaban J connectivity index is 1.60. The molecule has 3 aliphatic rings. The first-order valence-corrected chi connectivity index (χ1v) is 11.7. The molecule has 5 nitrogen and oxygen atoms in total. The van der Waals surface area contributed by atoms with Gasteiger partial charge in [0.2, 0.25) is 17.4 Å². The second-order valence-corrected chi connectivity index (χ2v) is 9.70. The predicted octanol–water partition coefficient (Wildman–Crippen LogP) is 4.60. The van der Waals surface area contributed by atoms with Gasteiger partial charge in [0.1, 0.15) is 15.0 Å². The second kappa shape index (κ2) is 7.64. The lowest BCUT2D eigenvalue weighted by Crippen LogP contribution is -2.44. The number of carbonyl (C=O) groups is 1. The minimum absolute atomic E-state index is 0.230. The summed E-state index contributed by atoms with van der Waals surface area (Å²) in [5.74, 6) is -14.5. The lowest BCUT2D eigenvalue weighted by Gasteiger charge is -2.48. The summed E-state index contributed by atoms with van der Waals surface area (Å²) in [6.45, 7) is 1.77. The Hall–Kier alpha value is -3.24. The van der Waals surface area contributed by atoms with Crippen LogP contribution in [0.15, 0.2) is 53.4 Å². The van der Waals surface area contributed by atoms with Gasteiger partial charge in [-0.05, 0) is 28.2 Å². The topological polar surface area (TPSA) is 83.5 Å². The summed E-state index contributed by atoms with van der Waals surface area (Å²) in [4.78, 5) is 10.9. The molecule has 0 radical (unpaired) electrons. The van der Waals surface area contributed by atoms with E-state index in [1.165, 1.54) is 0 Å². The quantitative estimate of drug-likeness (QED) is 0.176. The van der Waals surface area contributed by atoms with Gasteiger partial charge < -0.3 is 9.29 Å². The SMILES string of the molecule is CC1C2c3ccccc3C(c3ccccc32)C1C(=O)Oc1c(F)c(F)c(S(=O)(=O)[O-])c(F)c1F. The van der Waals surface area contributed by atoms with Crippen molar-refractivity contribution >= 4 is 16.1 Å². The predicted molar refractivity (Wildman–Crippen MR) is 109 cm³/mol. The highest BCUT2D eigenvalue weighted by Gasteiger charge is 2.51. The van der Waals surface area contributed by atoms with E-state index >= 15 is 0 Å². The van der Waals surface area contributed by atoms with Crippen molar-refractivity contribution in [3.63, 3.8) is 0 Å². The van der Waals surface area contributed by atoms with Gasteiger partial charge in [-0.3, -0.25) is 4.79 Å². The molecule has 0 amide bonds. The van der Waals surface area contributed by atoms with E-state index in [0.717, 1.165) is 22.3 Å². The van der Waals surface area contributed by atoms with Crippen LogP contribution in [-0.2, 0) is 14.9 Å². The van der Waals surface area contributed by atoms with Gasteiger partial charge in [-0.25, -0.2) is 17.2 Å². The van der Waals surface area contributed by atoms with Crippen LogP contribution in [0.25, 0.3) is 0 Å². The Morgan fingerprint density at radius 3 is 1.62 bits per heavy atom. The maximum Gasteiger partial charge on any atom is 0.315 e. The molecule has 10 heteroatoms. The van der Waals surface area contributed by atoms with Gasteiger partial charge in [-0.1, -0.05) is 55.5 Å². The standard InChI is InChI=1S/C24H16F4O5S/c1-10-15-11-6-2-4-8-13(11)17(14-9-5-3-7-12(14)15)16(10)24(29)33-22-18(25)20(27)23(34(30,31)32)21(28)19(22)26/h2-10,15-17H,1H3,(H,30,31,32)/p-1. The minimum atomic E-state index is -5.88. The minimum Gasteiger partial charge on any atom is -0.744 e. The third-order valence-electron chi connectivity index (χ3n) is 6.69. The van der Waals surface area contributed by atoms with Crippen molar-refractivity contribution in [2.24, 2.45) is 11.8 Å². The zero-order valence-electron chi connectivity index (χ0n) is 17.4. The molecule has 0 spiro atoms. The van der Waals surface area contributed by atoms with Crippen LogP contribution in [-0.4, -0.2) is 18.9 Å². The maximum absolute atomic E-state index is 14.5. The molecular weight excluding hydrogens is 476 g/mol. The summed E-state index contributed by atoms with van der Waals surface area (Å²) in [5, 5.41) is 0. The number of benzene rings is 3. The second-order valence-electron chi connectivity index (χ2n) is 8.39. The summed E-state index contributed by atoms with van der Waals surface area (Å²) in [6.07, 6.45) is 0. The molecule has 2 atom stereocenters. The number of fused-ring (bicyclic) bond motifs is 1. The average Bonchev–Trinajstić information content (AvgIpc) is 2.79. The van der Waals surface area contributed by atoms with Gasteiger partial charge in [-0.2, -0.15) is 8.78 Å². The van der Waals surface area contributed by atoms with Gasteiger partial charge in [0.15, 0.2) is 11.6 Å². The number of esters is 1. The number of hydrogen-bond donors (Lipinski definition) is 0. The smallest absolute Gasteiger partial charge is 0.315 e. The van der Waals surface area contributed by atoms with Crippen LogP contribution in [0.2, 0.25) is 0 Å². The fraction of sp³-hybridized carbons (Fsp3) is 0.208. The fourth-order valence-electron chi connectivity index (χ4n) is 5.37. The maximum atomic E-state index is 14.5. The van der Waals surface area contributed by atoms with Crippen molar-refractivity contribution in [1.82, 2.24) is 0 Å². The molecule has 0 saturated heterocycles. The van der Waals surface area contributed by atoms with Crippen LogP contribution in [0.4, 0.5) is 17.6 Å². The lowest BCUT2D eigenvalue weighted by molar-refractivity contribution is -0.142. The van der Waals surface area contributed by atoms with Crippen molar-refractivity contribution in [2.75, 3.05) is 0 Å². The molecule has 34 heavy (non-hydrogen) atoms. The van der Waals surface area contributed by atoms with Crippen LogP contribution in [0.3, 0.4) is 0 Å². The van der Waals surface area contributed by atoms with E-state index in [4.69, 9.17) is 4.74 Å². The molecule has 0 N–H and O–H groups in total. The third-order valence-corrected chi connectivity index (χ3v) is 7.55. The summed E-state index contributed by atoms with van der Waals surface area (Å²) >= 11 is 0. The van der Waals surface area contributed by atoms with E-state index in [2.05, 4.69) is 0 Å². The van der Waals surface area contributed by atoms with Crippen molar-refractivity contribution in [3.05, 3.63) is 94.1 Å². The number of ether oxygens (including phenoxy) is 1. The summed E-state index contributed by atoms with van der Waals surface area (Å²) in [7, 11) is -5.88. The molecule has 6 rings (SSSR count). The van der Waals surface area contributed by atoms with Crippen LogP contribution in [0.1, 0.15) is 41.0 Å². The molecule has 176 valence electrons. The number of carbonyl (C=O) groups excluding carboxylic acids is 1. The van der Waals surface area contributed by atoms with Gasteiger partial charge in [0.25, 0.3) is 0 Å². The van der Waals surface area contributed by atoms with E-state index in [-0.39, 0.29) is 5.92 Å². The molecule has 3 aromatic rings. The van der Waals surface area contributed by atoms with E-state index in [0.29, 0.717) is 0 Å².